The van der Waals surface area contributed by atoms with E-state index in [1.54, 1.807) is 24.3 Å². The van der Waals surface area contributed by atoms with Gasteiger partial charge in [0.2, 0.25) is 0 Å². The van der Waals surface area contributed by atoms with Crippen molar-refractivity contribution in [3.8, 4) is 17.1 Å². The zero-order chi connectivity index (χ0) is 17.8. The summed E-state index contributed by atoms with van der Waals surface area (Å²) in [5.41, 5.74) is 0.252. The number of nitrogens with zero attached hydrogens (tertiary/aromatic N) is 1. The number of fused-ring (bicyclic) bond motifs is 1. The fraction of sp³-hybridized carbons (Fsp3) is 0.263. The molecule has 1 N–H and O–H groups in total. The number of hydrogen-bond donors (Lipinski definition) is 1. The van der Waals surface area contributed by atoms with Crippen LogP contribution in [-0.4, -0.2) is 16.6 Å². The Morgan fingerprint density at radius 2 is 1.84 bits per heavy atom. The van der Waals surface area contributed by atoms with E-state index >= 15 is 0 Å². The number of rotatable bonds is 6. The molecule has 0 saturated carbocycles. The summed E-state index contributed by atoms with van der Waals surface area (Å²) in [5.74, 6) is -1.92. The van der Waals surface area contributed by atoms with Crippen molar-refractivity contribution in [3.63, 3.8) is 0 Å². The van der Waals surface area contributed by atoms with Crippen molar-refractivity contribution in [3.05, 3.63) is 58.4 Å². The fourth-order valence-corrected chi connectivity index (χ4v) is 2.58. The largest absolute Gasteiger partial charge is 0.488 e. The van der Waals surface area contributed by atoms with Crippen LogP contribution in [-0.2, 0) is 0 Å². The number of ether oxygens (including phenoxy) is 1. The van der Waals surface area contributed by atoms with E-state index in [-0.39, 0.29) is 23.6 Å². The summed E-state index contributed by atoms with van der Waals surface area (Å²) in [5, 5.41) is 0.420. The normalized spacial score (nSPS) is 11.0. The molecular weight excluding hydrogens is 326 g/mol. The van der Waals surface area contributed by atoms with Gasteiger partial charge in [-0.15, -0.1) is 0 Å². The summed E-state index contributed by atoms with van der Waals surface area (Å²) in [7, 11) is 0. The number of benzene rings is 2. The minimum absolute atomic E-state index is 0.110. The number of nitrogens with one attached hydrogen (secondary N) is 1. The molecule has 25 heavy (non-hydrogen) atoms. The predicted molar refractivity (Wildman–Crippen MR) is 92.7 cm³/mol. The van der Waals surface area contributed by atoms with Gasteiger partial charge in [-0.1, -0.05) is 31.9 Å². The first-order valence-electron chi connectivity index (χ1n) is 8.21. The number of aromatic nitrogens is 2. The van der Waals surface area contributed by atoms with Crippen LogP contribution in [0.25, 0.3) is 22.3 Å². The lowest BCUT2D eigenvalue weighted by molar-refractivity contribution is 0.276. The molecule has 0 aliphatic heterocycles. The molecule has 130 valence electrons. The maximum Gasteiger partial charge on any atom is 0.259 e. The second kappa shape index (κ2) is 7.42. The van der Waals surface area contributed by atoms with E-state index in [1.807, 2.05) is 6.92 Å². The van der Waals surface area contributed by atoms with Crippen molar-refractivity contribution in [1.29, 1.82) is 0 Å². The van der Waals surface area contributed by atoms with Crippen LogP contribution >= 0.6 is 0 Å². The standard InChI is InChI=1S/C19H18F2N2O2/c1-2-3-6-9-25-17-14(20)10-12(11-15(17)21)18-22-16-8-5-4-7-13(16)19(24)23-18/h4-5,7-8,10-11H,2-3,6,9H2,1H3,(H,22,23,24). The molecular formula is C19H18F2N2O2. The van der Waals surface area contributed by atoms with Gasteiger partial charge in [-0.05, 0) is 30.7 Å². The number of para-hydroxylation sites is 1. The topological polar surface area (TPSA) is 55.0 Å². The van der Waals surface area contributed by atoms with Crippen LogP contribution in [0.4, 0.5) is 8.78 Å². The van der Waals surface area contributed by atoms with Crippen LogP contribution in [0.15, 0.2) is 41.2 Å². The Labute approximate surface area is 143 Å². The van der Waals surface area contributed by atoms with Crippen molar-refractivity contribution in [2.24, 2.45) is 0 Å². The van der Waals surface area contributed by atoms with Gasteiger partial charge in [0, 0.05) is 5.56 Å². The monoisotopic (exact) mass is 344 g/mol. The third-order valence-electron chi connectivity index (χ3n) is 3.88. The number of halogens is 2. The van der Waals surface area contributed by atoms with Gasteiger partial charge in [-0.3, -0.25) is 4.79 Å². The van der Waals surface area contributed by atoms with Crippen LogP contribution in [0, 0.1) is 11.6 Å². The lowest BCUT2D eigenvalue weighted by Crippen LogP contribution is -2.10. The molecule has 0 amide bonds. The van der Waals surface area contributed by atoms with Gasteiger partial charge in [0.25, 0.3) is 5.56 Å². The molecule has 6 heteroatoms. The second-order valence-corrected chi connectivity index (χ2v) is 5.76. The zero-order valence-electron chi connectivity index (χ0n) is 13.8. The summed E-state index contributed by atoms with van der Waals surface area (Å²) in [6.45, 7) is 2.29. The molecule has 0 saturated heterocycles. The minimum atomic E-state index is -0.817. The minimum Gasteiger partial charge on any atom is -0.488 e. The number of aromatic amines is 1. The highest BCUT2D eigenvalue weighted by atomic mass is 19.1. The molecule has 4 nitrogen and oxygen atoms in total. The average molecular weight is 344 g/mol. The van der Waals surface area contributed by atoms with Crippen LogP contribution in [0.5, 0.6) is 5.75 Å². The van der Waals surface area contributed by atoms with Crippen molar-refractivity contribution in [2.45, 2.75) is 26.2 Å². The van der Waals surface area contributed by atoms with Crippen LogP contribution in [0.3, 0.4) is 0 Å². The molecule has 1 heterocycles. The highest BCUT2D eigenvalue weighted by Crippen LogP contribution is 2.27. The fourth-order valence-electron chi connectivity index (χ4n) is 2.58. The van der Waals surface area contributed by atoms with Crippen molar-refractivity contribution in [1.82, 2.24) is 9.97 Å². The first-order valence-corrected chi connectivity index (χ1v) is 8.21. The molecule has 0 radical (unpaired) electrons. The Kier molecular flexibility index (Phi) is 5.07. The summed E-state index contributed by atoms with van der Waals surface area (Å²) in [4.78, 5) is 18.9. The molecule has 0 aliphatic rings. The van der Waals surface area contributed by atoms with Gasteiger partial charge < -0.3 is 9.72 Å². The first-order chi connectivity index (χ1) is 12.1. The lowest BCUT2D eigenvalue weighted by atomic mass is 10.1. The number of unbranched alkanes of at least 4 members (excludes halogenated alkanes) is 2. The lowest BCUT2D eigenvalue weighted by Gasteiger charge is -2.10. The van der Waals surface area contributed by atoms with E-state index in [9.17, 15) is 13.6 Å². The highest BCUT2D eigenvalue weighted by molar-refractivity contribution is 5.79. The maximum atomic E-state index is 14.2. The zero-order valence-corrected chi connectivity index (χ0v) is 13.8. The van der Waals surface area contributed by atoms with Gasteiger partial charge in [0.05, 0.1) is 17.5 Å². The van der Waals surface area contributed by atoms with E-state index in [0.717, 1.165) is 31.4 Å². The molecule has 3 aromatic rings. The molecule has 0 atom stereocenters. The predicted octanol–water partition coefficient (Wildman–Crippen LogP) is 4.44. The van der Waals surface area contributed by atoms with Crippen molar-refractivity contribution in [2.75, 3.05) is 6.61 Å². The SMILES string of the molecule is CCCCCOc1c(F)cc(-c2nc3ccccc3c(=O)[nH]2)cc1F. The number of hydrogen-bond acceptors (Lipinski definition) is 3. The average Bonchev–Trinajstić information content (AvgIpc) is 2.60. The Morgan fingerprint density at radius 1 is 1.12 bits per heavy atom. The van der Waals surface area contributed by atoms with E-state index in [1.165, 1.54) is 0 Å². The Morgan fingerprint density at radius 3 is 2.56 bits per heavy atom. The van der Waals surface area contributed by atoms with Crippen molar-refractivity contribution >= 4 is 10.9 Å². The first kappa shape index (κ1) is 17.1. The van der Waals surface area contributed by atoms with Gasteiger partial charge >= 0.3 is 0 Å². The second-order valence-electron chi connectivity index (χ2n) is 5.76. The van der Waals surface area contributed by atoms with Crippen LogP contribution < -0.4 is 10.3 Å². The van der Waals surface area contributed by atoms with Crippen molar-refractivity contribution < 1.29 is 13.5 Å². The maximum absolute atomic E-state index is 14.2. The van der Waals surface area contributed by atoms with Crippen LogP contribution in [0.1, 0.15) is 26.2 Å². The molecule has 0 bridgehead atoms. The quantitative estimate of drug-likeness (QED) is 0.673. The molecule has 0 unspecified atom stereocenters. The molecule has 0 aliphatic carbocycles. The number of H-pyrrole nitrogens is 1. The van der Waals surface area contributed by atoms with Gasteiger partial charge in [0.1, 0.15) is 5.82 Å². The molecule has 3 rings (SSSR count). The van der Waals surface area contributed by atoms with Gasteiger partial charge in [0.15, 0.2) is 17.4 Å². The Balaban J connectivity index is 1.94. The van der Waals surface area contributed by atoms with Gasteiger partial charge in [-0.25, -0.2) is 13.8 Å². The smallest absolute Gasteiger partial charge is 0.259 e. The molecule has 1 aromatic heterocycles. The third-order valence-corrected chi connectivity index (χ3v) is 3.88. The van der Waals surface area contributed by atoms with E-state index in [4.69, 9.17) is 4.74 Å². The van der Waals surface area contributed by atoms with E-state index < -0.39 is 17.4 Å². The van der Waals surface area contributed by atoms with E-state index in [2.05, 4.69) is 9.97 Å². The summed E-state index contributed by atoms with van der Waals surface area (Å²) in [6, 6.07) is 9.01. The Bertz CT molecular complexity index is 931. The summed E-state index contributed by atoms with van der Waals surface area (Å²) < 4.78 is 33.7. The van der Waals surface area contributed by atoms with Gasteiger partial charge in [-0.2, -0.15) is 0 Å². The van der Waals surface area contributed by atoms with E-state index in [0.29, 0.717) is 10.9 Å². The summed E-state index contributed by atoms with van der Waals surface area (Å²) >= 11 is 0. The highest BCUT2D eigenvalue weighted by Gasteiger charge is 2.15. The molecule has 0 spiro atoms. The third kappa shape index (κ3) is 3.68. The van der Waals surface area contributed by atoms with Crippen LogP contribution in [0.2, 0.25) is 0 Å². The summed E-state index contributed by atoms with van der Waals surface area (Å²) in [6.07, 6.45) is 2.66. The molecule has 2 aromatic carbocycles. The molecule has 0 fully saturated rings. The Hall–Kier alpha value is -2.76.